The third-order valence-electron chi connectivity index (χ3n) is 13.0. The second-order valence-electron chi connectivity index (χ2n) is 17.3. The maximum atomic E-state index is 15.6. The van der Waals surface area contributed by atoms with Gasteiger partial charge in [0.25, 0.3) is 0 Å². The number of halogens is 6. The molecule has 0 aliphatic rings. The van der Waals surface area contributed by atoms with E-state index in [9.17, 15) is 10.5 Å². The van der Waals surface area contributed by atoms with Crippen LogP contribution in [-0.4, -0.2) is 14.5 Å². The summed E-state index contributed by atoms with van der Waals surface area (Å²) in [5, 5.41) is 21.5. The highest BCUT2D eigenvalue weighted by Gasteiger charge is 2.37. The summed E-state index contributed by atoms with van der Waals surface area (Å²) in [5.74, 6) is 0.292. The average Bonchev–Trinajstić information content (AvgIpc) is 3.75. The normalized spacial score (nSPS) is 11.7. The molecule has 73 heavy (non-hydrogen) atoms. The van der Waals surface area contributed by atoms with Crippen molar-refractivity contribution in [3.8, 4) is 96.2 Å². The first kappa shape index (κ1) is 45.8. The zero-order valence-electron chi connectivity index (χ0n) is 38.2. The molecule has 0 saturated heterocycles. The monoisotopic (exact) mass is 963 g/mol. The van der Waals surface area contributed by atoms with Crippen LogP contribution < -0.4 is 0 Å². The third-order valence-corrected chi connectivity index (χ3v) is 13.0. The number of aromatic nitrogens is 3. The molecule has 0 amide bonds. The number of rotatable bonds is 8. The summed E-state index contributed by atoms with van der Waals surface area (Å²) in [6.07, 6.45) is -9.81. The first-order valence-corrected chi connectivity index (χ1v) is 23.0. The van der Waals surface area contributed by atoms with Gasteiger partial charge in [-0.3, -0.25) is 0 Å². The van der Waals surface area contributed by atoms with Gasteiger partial charge >= 0.3 is 12.4 Å². The second kappa shape index (κ2) is 18.3. The Morgan fingerprint density at radius 2 is 0.753 bits per heavy atom. The summed E-state index contributed by atoms with van der Waals surface area (Å²) in [6.45, 7) is 0. The maximum absolute atomic E-state index is 15.6. The molecular weight excluding hydrogens is 929 g/mol. The lowest BCUT2D eigenvalue weighted by atomic mass is 9.88. The van der Waals surface area contributed by atoms with Gasteiger partial charge in [0.15, 0.2) is 5.82 Å². The van der Waals surface area contributed by atoms with Gasteiger partial charge in [-0.2, -0.15) is 36.9 Å². The second-order valence-corrected chi connectivity index (χ2v) is 17.3. The molecule has 5 nitrogen and oxygen atoms in total. The molecule has 11 aromatic rings. The van der Waals surface area contributed by atoms with Crippen LogP contribution >= 0.6 is 0 Å². The minimum absolute atomic E-state index is 0.0323. The number of fused-ring (bicyclic) bond motifs is 3. The van der Waals surface area contributed by atoms with Crippen molar-refractivity contribution in [2.75, 3.05) is 0 Å². The Labute approximate surface area is 414 Å². The van der Waals surface area contributed by atoms with Crippen molar-refractivity contribution in [1.29, 1.82) is 10.5 Å². The zero-order valence-corrected chi connectivity index (χ0v) is 38.2. The zero-order chi connectivity index (χ0) is 50.4. The van der Waals surface area contributed by atoms with Crippen molar-refractivity contribution in [2.24, 2.45) is 0 Å². The molecule has 0 N–H and O–H groups in total. The molecule has 350 valence electrons. The van der Waals surface area contributed by atoms with E-state index in [0.29, 0.717) is 77.8 Å². The number of alkyl halides is 6. The van der Waals surface area contributed by atoms with E-state index >= 15 is 26.3 Å². The highest BCUT2D eigenvalue weighted by Crippen LogP contribution is 2.50. The summed E-state index contributed by atoms with van der Waals surface area (Å²) in [4.78, 5) is 9.91. The lowest BCUT2D eigenvalue weighted by Crippen LogP contribution is -2.11. The third kappa shape index (κ3) is 8.43. The van der Waals surface area contributed by atoms with Gasteiger partial charge < -0.3 is 4.57 Å². The van der Waals surface area contributed by atoms with E-state index in [1.54, 1.807) is 83.4 Å². The van der Waals surface area contributed by atoms with Crippen LogP contribution in [0.4, 0.5) is 26.3 Å². The Hall–Kier alpha value is -9.58. The van der Waals surface area contributed by atoms with Crippen LogP contribution in [0.1, 0.15) is 22.3 Å². The first-order valence-electron chi connectivity index (χ1n) is 23.0. The molecular formula is C62H35F6N5. The van der Waals surface area contributed by atoms with Crippen LogP contribution in [-0.2, 0) is 12.4 Å². The van der Waals surface area contributed by atoms with Crippen LogP contribution in [0, 0.1) is 22.7 Å². The van der Waals surface area contributed by atoms with Gasteiger partial charge in [0.2, 0.25) is 0 Å². The van der Waals surface area contributed by atoms with Crippen molar-refractivity contribution >= 4 is 21.8 Å². The Balaban J connectivity index is 1.32. The van der Waals surface area contributed by atoms with Crippen molar-refractivity contribution in [3.05, 3.63) is 235 Å². The van der Waals surface area contributed by atoms with Crippen LogP contribution in [0.5, 0.6) is 0 Å². The first-order chi connectivity index (χ1) is 35.4. The fraction of sp³-hybridized carbons (Fsp3) is 0.0323. The number of hydrogen-bond donors (Lipinski definition) is 0. The molecule has 9 aromatic carbocycles. The van der Waals surface area contributed by atoms with Crippen molar-refractivity contribution < 1.29 is 26.3 Å². The Morgan fingerprint density at radius 1 is 0.356 bits per heavy atom. The summed E-state index contributed by atoms with van der Waals surface area (Å²) >= 11 is 0. The van der Waals surface area contributed by atoms with Crippen molar-refractivity contribution in [1.82, 2.24) is 14.5 Å². The van der Waals surface area contributed by atoms with Gasteiger partial charge in [0.1, 0.15) is 0 Å². The fourth-order valence-electron chi connectivity index (χ4n) is 9.70. The molecule has 0 spiro atoms. The van der Waals surface area contributed by atoms with Crippen molar-refractivity contribution in [3.63, 3.8) is 0 Å². The molecule has 11 rings (SSSR count). The van der Waals surface area contributed by atoms with E-state index in [1.807, 2.05) is 84.9 Å². The molecule has 0 fully saturated rings. The van der Waals surface area contributed by atoms with E-state index in [2.05, 4.69) is 12.1 Å². The highest BCUT2D eigenvalue weighted by molar-refractivity contribution is 6.13. The van der Waals surface area contributed by atoms with Crippen LogP contribution in [0.25, 0.3) is 106 Å². The quantitative estimate of drug-likeness (QED) is 0.142. The number of nitrogens with zero attached hydrogens (tertiary/aromatic N) is 5. The number of nitriles is 2. The molecule has 0 bridgehead atoms. The Kier molecular flexibility index (Phi) is 11.5. The lowest BCUT2D eigenvalue weighted by Gasteiger charge is -2.24. The number of hydrogen-bond acceptors (Lipinski definition) is 4. The molecule has 0 atom stereocenters. The van der Waals surface area contributed by atoms with Crippen LogP contribution in [0.3, 0.4) is 0 Å². The molecule has 0 unspecified atom stereocenters. The molecule has 2 aromatic heterocycles. The molecule has 0 aliphatic carbocycles. The van der Waals surface area contributed by atoms with E-state index in [-0.39, 0.29) is 39.2 Å². The van der Waals surface area contributed by atoms with Gasteiger partial charge in [0.05, 0.1) is 62.5 Å². The van der Waals surface area contributed by atoms with Gasteiger partial charge in [0, 0.05) is 38.6 Å². The summed E-state index contributed by atoms with van der Waals surface area (Å²) in [5.41, 5.74) is 3.94. The van der Waals surface area contributed by atoms with Crippen molar-refractivity contribution in [2.45, 2.75) is 12.4 Å². The molecule has 2 heterocycles. The molecule has 0 radical (unpaired) electrons. The smallest absolute Gasteiger partial charge is 0.308 e. The van der Waals surface area contributed by atoms with Gasteiger partial charge in [-0.1, -0.05) is 146 Å². The van der Waals surface area contributed by atoms with E-state index in [4.69, 9.17) is 9.97 Å². The SMILES string of the molecule is N#Cc1ccccc1-c1ccc2c(c1)c1cc(-c3ccccc3C#N)ccc1n2-c1c(-c2ccccc2C(F)(F)F)cc(-c2cc(-c3ccccc3)nc(-c3ccccc3)n2)cc1-c1ccccc1C(F)(F)F. The minimum Gasteiger partial charge on any atom is -0.308 e. The van der Waals surface area contributed by atoms with E-state index in [0.717, 1.165) is 12.1 Å². The summed E-state index contributed by atoms with van der Waals surface area (Å²) < 4.78 is 95.2. The van der Waals surface area contributed by atoms with Gasteiger partial charge in [-0.15, -0.1) is 0 Å². The molecule has 0 saturated carbocycles. The van der Waals surface area contributed by atoms with E-state index in [1.165, 1.54) is 36.4 Å². The predicted octanol–water partition coefficient (Wildman–Crippen LogP) is 17.0. The largest absolute Gasteiger partial charge is 0.417 e. The van der Waals surface area contributed by atoms with Crippen LogP contribution in [0.2, 0.25) is 0 Å². The lowest BCUT2D eigenvalue weighted by molar-refractivity contribution is -0.137. The summed E-state index contributed by atoms with van der Waals surface area (Å²) in [6, 6.07) is 62.8. The number of benzene rings is 9. The molecule has 11 heteroatoms. The average molecular weight is 964 g/mol. The van der Waals surface area contributed by atoms with E-state index < -0.39 is 23.5 Å². The topological polar surface area (TPSA) is 78.3 Å². The Bertz CT molecular complexity index is 3780. The standard InChI is InChI=1S/C62H35F6N5/c63-61(64,65)53-25-13-11-23-47(53)51-33-44(56-35-55(38-15-3-1-4-16-38)71-60(72-56)39-17-5-2-6-18-39)34-52(48-24-12-14-26-54(48)62(66,67)68)59(51)73-57-29-27-40(45-21-9-7-19-42(45)36-69)31-49(57)50-32-41(28-30-58(50)73)46-22-10-8-20-43(46)37-70/h1-35H. The van der Waals surface area contributed by atoms with Crippen LogP contribution in [0.15, 0.2) is 212 Å². The minimum atomic E-state index is -4.91. The fourth-order valence-corrected chi connectivity index (χ4v) is 9.70. The predicted molar refractivity (Wildman–Crippen MR) is 274 cm³/mol. The van der Waals surface area contributed by atoms with Gasteiger partial charge in [-0.05, 0) is 100 Å². The summed E-state index contributed by atoms with van der Waals surface area (Å²) in [7, 11) is 0. The Morgan fingerprint density at radius 3 is 1.21 bits per heavy atom. The maximum Gasteiger partial charge on any atom is 0.417 e. The molecule has 0 aliphatic heterocycles. The highest BCUT2D eigenvalue weighted by atomic mass is 19.4. The van der Waals surface area contributed by atoms with Gasteiger partial charge in [-0.25, -0.2) is 9.97 Å².